The second-order valence-corrected chi connectivity index (χ2v) is 7.95. The van der Waals surface area contributed by atoms with Gasteiger partial charge >= 0.3 is 6.09 Å². The first kappa shape index (κ1) is 20.5. The number of nitrogens with zero attached hydrogens (tertiary/aromatic N) is 2. The van der Waals surface area contributed by atoms with Crippen molar-refractivity contribution in [1.29, 1.82) is 5.26 Å². The molecule has 0 aromatic heterocycles. The van der Waals surface area contributed by atoms with Crippen molar-refractivity contribution in [2.75, 3.05) is 6.61 Å². The molecule has 1 N–H and O–H groups in total. The minimum Gasteiger partial charge on any atom is -0.481 e. The van der Waals surface area contributed by atoms with Crippen LogP contribution in [0, 0.1) is 18.3 Å². The van der Waals surface area contributed by atoms with E-state index in [-0.39, 0.29) is 12.5 Å². The third-order valence-electron chi connectivity index (χ3n) is 5.58. The third kappa shape index (κ3) is 3.30. The van der Waals surface area contributed by atoms with Crippen LogP contribution < -0.4 is 10.1 Å². The SMILES string of the molecule is CCOC(=O)NC1=C(N2Cc3ccccc3C2=O)c2c(ccc(C#N)c2C)OC1(C)C. The first-order valence-electron chi connectivity index (χ1n) is 10.1. The van der Waals surface area contributed by atoms with Crippen molar-refractivity contribution in [3.05, 3.63) is 69.9 Å². The molecule has 2 aliphatic rings. The van der Waals surface area contributed by atoms with Gasteiger partial charge in [0, 0.05) is 11.1 Å². The zero-order valence-corrected chi connectivity index (χ0v) is 17.9. The van der Waals surface area contributed by atoms with Crippen LogP contribution in [0.4, 0.5) is 4.79 Å². The van der Waals surface area contributed by atoms with Gasteiger partial charge < -0.3 is 14.4 Å². The molecule has 0 aliphatic carbocycles. The summed E-state index contributed by atoms with van der Waals surface area (Å²) in [4.78, 5) is 27.4. The second kappa shape index (κ2) is 7.47. The van der Waals surface area contributed by atoms with Crippen LogP contribution in [-0.2, 0) is 11.3 Å². The minimum atomic E-state index is -0.954. The zero-order valence-electron chi connectivity index (χ0n) is 17.9. The maximum absolute atomic E-state index is 13.4. The molecule has 2 aliphatic heterocycles. The second-order valence-electron chi connectivity index (χ2n) is 7.95. The summed E-state index contributed by atoms with van der Waals surface area (Å²) in [6, 6.07) is 13.0. The molecule has 0 saturated carbocycles. The Kier molecular flexibility index (Phi) is 4.94. The highest BCUT2D eigenvalue weighted by Gasteiger charge is 2.43. The quantitative estimate of drug-likeness (QED) is 0.812. The van der Waals surface area contributed by atoms with Gasteiger partial charge in [-0.2, -0.15) is 5.26 Å². The number of rotatable bonds is 3. The van der Waals surface area contributed by atoms with Gasteiger partial charge in [0.15, 0.2) is 0 Å². The Balaban J connectivity index is 1.97. The fourth-order valence-corrected chi connectivity index (χ4v) is 4.11. The van der Waals surface area contributed by atoms with Crippen molar-refractivity contribution in [3.8, 4) is 11.8 Å². The van der Waals surface area contributed by atoms with Crippen LogP contribution in [0.2, 0.25) is 0 Å². The highest BCUT2D eigenvalue weighted by molar-refractivity contribution is 6.04. The van der Waals surface area contributed by atoms with E-state index < -0.39 is 11.7 Å². The lowest BCUT2D eigenvalue weighted by Crippen LogP contribution is -2.46. The van der Waals surface area contributed by atoms with Gasteiger partial charge in [0.05, 0.1) is 36.2 Å². The van der Waals surface area contributed by atoms with Gasteiger partial charge in [-0.25, -0.2) is 4.79 Å². The number of nitriles is 1. The lowest BCUT2D eigenvalue weighted by Gasteiger charge is -2.39. The Morgan fingerprint density at radius 2 is 2.03 bits per heavy atom. The van der Waals surface area contributed by atoms with Crippen molar-refractivity contribution in [1.82, 2.24) is 10.2 Å². The predicted octanol–water partition coefficient (Wildman–Crippen LogP) is 4.11. The van der Waals surface area contributed by atoms with Crippen molar-refractivity contribution < 1.29 is 19.1 Å². The van der Waals surface area contributed by atoms with Crippen LogP contribution in [0.3, 0.4) is 0 Å². The number of amides is 2. The largest absolute Gasteiger partial charge is 0.481 e. The van der Waals surface area contributed by atoms with Crippen molar-refractivity contribution >= 4 is 17.7 Å². The van der Waals surface area contributed by atoms with E-state index >= 15 is 0 Å². The van der Waals surface area contributed by atoms with Crippen LogP contribution in [0.5, 0.6) is 5.75 Å². The number of alkyl carbamates (subject to hydrolysis) is 1. The van der Waals surface area contributed by atoms with E-state index in [2.05, 4.69) is 11.4 Å². The maximum atomic E-state index is 13.4. The van der Waals surface area contributed by atoms with Gasteiger partial charge in [0.25, 0.3) is 5.91 Å². The standard InChI is InChI=1S/C24H23N3O4/c1-5-30-23(29)26-21-20(27-13-16-8-6-7-9-17(16)22(27)28)19-14(2)15(12-25)10-11-18(19)31-24(21,3)4/h6-11H,5,13H2,1-4H3,(H,26,29). The fourth-order valence-electron chi connectivity index (χ4n) is 4.11. The Labute approximate surface area is 180 Å². The highest BCUT2D eigenvalue weighted by Crippen LogP contribution is 2.45. The first-order chi connectivity index (χ1) is 14.8. The topological polar surface area (TPSA) is 91.7 Å². The molecule has 2 amide bonds. The molecule has 0 saturated heterocycles. The number of ether oxygens (including phenoxy) is 2. The van der Waals surface area contributed by atoms with Crippen molar-refractivity contribution in [3.63, 3.8) is 0 Å². The average Bonchev–Trinajstić information content (AvgIpc) is 3.06. The number of carbonyl (C=O) groups is 2. The molecule has 0 bridgehead atoms. The van der Waals surface area contributed by atoms with Crippen LogP contribution in [-0.4, -0.2) is 29.1 Å². The first-order valence-corrected chi connectivity index (χ1v) is 10.1. The molecule has 0 spiro atoms. The highest BCUT2D eigenvalue weighted by atomic mass is 16.5. The summed E-state index contributed by atoms with van der Waals surface area (Å²) >= 11 is 0. The molecule has 4 rings (SSSR count). The summed E-state index contributed by atoms with van der Waals surface area (Å²) in [6.07, 6.45) is -0.631. The van der Waals surface area contributed by atoms with E-state index in [1.807, 2.05) is 39.0 Å². The third-order valence-corrected chi connectivity index (χ3v) is 5.58. The average molecular weight is 417 g/mol. The number of carbonyl (C=O) groups excluding carboxylic acids is 2. The molecule has 0 unspecified atom stereocenters. The fraction of sp³-hybridized carbons (Fsp3) is 0.292. The molecule has 158 valence electrons. The summed E-state index contributed by atoms with van der Waals surface area (Å²) in [5.41, 5.74) is 3.27. The molecule has 7 heteroatoms. The van der Waals surface area contributed by atoms with Gasteiger partial charge in [-0.3, -0.25) is 10.1 Å². The van der Waals surface area contributed by atoms with Gasteiger partial charge in [-0.05, 0) is 57.0 Å². The molecular formula is C24H23N3O4. The minimum absolute atomic E-state index is 0.167. The monoisotopic (exact) mass is 417 g/mol. The van der Waals surface area contributed by atoms with Gasteiger partial charge in [0.2, 0.25) is 0 Å². The summed E-state index contributed by atoms with van der Waals surface area (Å²) in [7, 11) is 0. The molecule has 7 nitrogen and oxygen atoms in total. The van der Waals surface area contributed by atoms with Gasteiger partial charge in [0.1, 0.15) is 11.4 Å². The Morgan fingerprint density at radius 3 is 2.71 bits per heavy atom. The van der Waals surface area contributed by atoms with Gasteiger partial charge in [-0.1, -0.05) is 18.2 Å². The van der Waals surface area contributed by atoms with Crippen LogP contribution in [0.25, 0.3) is 5.70 Å². The van der Waals surface area contributed by atoms with Crippen molar-refractivity contribution in [2.45, 2.75) is 39.8 Å². The molecule has 0 atom stereocenters. The summed E-state index contributed by atoms with van der Waals surface area (Å²) in [5, 5.41) is 12.4. The Hall–Kier alpha value is -3.79. The number of fused-ring (bicyclic) bond motifs is 2. The number of benzene rings is 2. The lowest BCUT2D eigenvalue weighted by molar-refractivity contribution is 0.0836. The molecule has 2 heterocycles. The molecule has 31 heavy (non-hydrogen) atoms. The van der Waals surface area contributed by atoms with Crippen LogP contribution >= 0.6 is 0 Å². The van der Waals surface area contributed by atoms with E-state index in [1.165, 1.54) is 0 Å². The van der Waals surface area contributed by atoms with Crippen LogP contribution in [0.1, 0.15) is 53.4 Å². The molecule has 2 aromatic carbocycles. The van der Waals surface area contributed by atoms with Crippen LogP contribution in [0.15, 0.2) is 42.1 Å². The van der Waals surface area contributed by atoms with E-state index in [0.29, 0.717) is 45.9 Å². The zero-order chi connectivity index (χ0) is 22.3. The molecule has 0 radical (unpaired) electrons. The number of hydrogen-bond acceptors (Lipinski definition) is 5. The summed E-state index contributed by atoms with van der Waals surface area (Å²) < 4.78 is 11.3. The predicted molar refractivity (Wildman–Crippen MR) is 114 cm³/mol. The summed E-state index contributed by atoms with van der Waals surface area (Å²) in [5.74, 6) is 0.383. The van der Waals surface area contributed by atoms with E-state index in [4.69, 9.17) is 9.47 Å². The molecule has 2 aromatic rings. The van der Waals surface area contributed by atoms with E-state index in [9.17, 15) is 14.9 Å². The molecule has 0 fully saturated rings. The normalized spacial score (nSPS) is 16.2. The maximum Gasteiger partial charge on any atom is 0.411 e. The number of hydrogen-bond donors (Lipinski definition) is 1. The van der Waals surface area contributed by atoms with Crippen molar-refractivity contribution in [2.24, 2.45) is 0 Å². The number of nitrogens with one attached hydrogen (secondary N) is 1. The Morgan fingerprint density at radius 1 is 1.29 bits per heavy atom. The summed E-state index contributed by atoms with van der Waals surface area (Å²) in [6.45, 7) is 7.73. The smallest absolute Gasteiger partial charge is 0.411 e. The van der Waals surface area contributed by atoms with Gasteiger partial charge in [-0.15, -0.1) is 0 Å². The van der Waals surface area contributed by atoms with E-state index in [1.54, 1.807) is 30.0 Å². The molecular weight excluding hydrogens is 394 g/mol. The Bertz CT molecular complexity index is 1170. The lowest BCUT2D eigenvalue weighted by atomic mass is 9.90. The van der Waals surface area contributed by atoms with E-state index in [0.717, 1.165) is 5.56 Å².